The Balaban J connectivity index is 1.54. The zero-order chi connectivity index (χ0) is 24.0. The average Bonchev–Trinajstić information content (AvgIpc) is 3.58. The highest BCUT2D eigenvalue weighted by molar-refractivity contribution is 6.34. The van der Waals surface area contributed by atoms with Crippen LogP contribution in [-0.2, 0) is 9.53 Å². The van der Waals surface area contributed by atoms with Crippen LogP contribution in [-0.4, -0.2) is 52.6 Å². The van der Waals surface area contributed by atoms with Gasteiger partial charge in [-0.15, -0.1) is 5.10 Å². The van der Waals surface area contributed by atoms with Crippen LogP contribution in [0.25, 0.3) is 10.9 Å². The summed E-state index contributed by atoms with van der Waals surface area (Å²) in [6.45, 7) is 2.37. The first-order chi connectivity index (χ1) is 16.4. The van der Waals surface area contributed by atoms with Crippen molar-refractivity contribution >= 4 is 40.2 Å². The maximum Gasteiger partial charge on any atom is 0.311 e. The fourth-order valence-electron chi connectivity index (χ4n) is 4.74. The topological polar surface area (TPSA) is 84.7 Å². The molecule has 9 heteroatoms. The van der Waals surface area contributed by atoms with Gasteiger partial charge in [0, 0.05) is 13.1 Å². The third-order valence-electron chi connectivity index (χ3n) is 6.58. The van der Waals surface area contributed by atoms with Crippen molar-refractivity contribution in [1.82, 2.24) is 9.78 Å². The van der Waals surface area contributed by atoms with Crippen LogP contribution >= 0.6 is 11.6 Å². The summed E-state index contributed by atoms with van der Waals surface area (Å²) in [6.07, 6.45) is 1.31. The SMILES string of the molecule is CCOC(=O)[C@@H]1CCN(c2nn(C(=O)c3c(Cl)cccc3C3CC3)c3cccc(F)c23)C[C@H]1O. The molecule has 0 spiro atoms. The molecule has 0 radical (unpaired) electrons. The number of halogens is 2. The lowest BCUT2D eigenvalue weighted by atomic mass is 9.94. The summed E-state index contributed by atoms with van der Waals surface area (Å²) in [7, 11) is 0. The Labute approximate surface area is 201 Å². The second-order valence-electron chi connectivity index (χ2n) is 8.81. The molecule has 2 fully saturated rings. The second kappa shape index (κ2) is 9.00. The number of fused-ring (bicyclic) bond motifs is 1. The maximum absolute atomic E-state index is 15.0. The van der Waals surface area contributed by atoms with Gasteiger partial charge >= 0.3 is 5.97 Å². The first-order valence-corrected chi connectivity index (χ1v) is 11.9. The summed E-state index contributed by atoms with van der Waals surface area (Å²) >= 11 is 6.45. The molecule has 1 saturated heterocycles. The number of nitrogens with zero attached hydrogens (tertiary/aromatic N) is 3. The summed E-state index contributed by atoms with van der Waals surface area (Å²) in [4.78, 5) is 27.6. The smallest absolute Gasteiger partial charge is 0.311 e. The van der Waals surface area contributed by atoms with Gasteiger partial charge in [0.25, 0.3) is 5.91 Å². The summed E-state index contributed by atoms with van der Waals surface area (Å²) in [6, 6.07) is 9.89. The van der Waals surface area contributed by atoms with E-state index in [1.807, 2.05) is 12.1 Å². The molecule has 5 rings (SSSR count). The molecule has 178 valence electrons. The number of aromatic nitrogens is 2. The van der Waals surface area contributed by atoms with Gasteiger partial charge in [0.1, 0.15) is 5.82 Å². The van der Waals surface area contributed by atoms with Crippen LogP contribution in [0.5, 0.6) is 0 Å². The largest absolute Gasteiger partial charge is 0.466 e. The van der Waals surface area contributed by atoms with Gasteiger partial charge in [-0.2, -0.15) is 4.68 Å². The van der Waals surface area contributed by atoms with Crippen LogP contribution in [0.4, 0.5) is 10.2 Å². The van der Waals surface area contributed by atoms with Crippen molar-refractivity contribution in [1.29, 1.82) is 0 Å². The maximum atomic E-state index is 15.0. The normalized spacial score (nSPS) is 20.5. The first-order valence-electron chi connectivity index (χ1n) is 11.5. The molecule has 34 heavy (non-hydrogen) atoms. The van der Waals surface area contributed by atoms with Gasteiger partial charge in [-0.05, 0) is 55.9 Å². The predicted octanol–water partition coefficient (Wildman–Crippen LogP) is 4.15. The molecule has 1 aromatic heterocycles. The first kappa shape index (κ1) is 22.8. The van der Waals surface area contributed by atoms with Crippen molar-refractivity contribution in [2.75, 3.05) is 24.6 Å². The van der Waals surface area contributed by atoms with Crippen LogP contribution in [0.15, 0.2) is 36.4 Å². The third kappa shape index (κ3) is 3.95. The van der Waals surface area contributed by atoms with Gasteiger partial charge in [0.15, 0.2) is 5.82 Å². The van der Waals surface area contributed by atoms with E-state index in [2.05, 4.69) is 5.10 Å². The number of piperidine rings is 1. The molecule has 0 amide bonds. The summed E-state index contributed by atoms with van der Waals surface area (Å²) in [5.74, 6) is -1.50. The van der Waals surface area contributed by atoms with Crippen molar-refractivity contribution < 1.29 is 23.8 Å². The number of ether oxygens (including phenoxy) is 1. The number of esters is 1. The van der Waals surface area contributed by atoms with Crippen molar-refractivity contribution in [3.8, 4) is 0 Å². The Morgan fingerprint density at radius 1 is 1.21 bits per heavy atom. The second-order valence-corrected chi connectivity index (χ2v) is 9.22. The molecule has 2 heterocycles. The van der Waals surface area contributed by atoms with E-state index < -0.39 is 29.7 Å². The number of benzene rings is 2. The molecule has 2 atom stereocenters. The standard InChI is InChI=1S/C25H25ClFN3O4/c1-2-34-25(33)16-11-12-29(13-20(16)31)23-22-18(27)7-4-8-19(22)30(28-23)24(32)21-15(14-9-10-14)5-3-6-17(21)26/h3-8,14,16,20,31H,2,9-13H2,1H3/t16-,20-/m1/s1. The van der Waals surface area contributed by atoms with E-state index >= 15 is 4.39 Å². The van der Waals surface area contributed by atoms with Crippen LogP contribution in [0, 0.1) is 11.7 Å². The molecule has 2 aromatic carbocycles. The minimum Gasteiger partial charge on any atom is -0.466 e. The zero-order valence-corrected chi connectivity index (χ0v) is 19.5. The third-order valence-corrected chi connectivity index (χ3v) is 6.89. The lowest BCUT2D eigenvalue weighted by molar-refractivity contribution is -0.152. The van der Waals surface area contributed by atoms with Crippen LogP contribution in [0.2, 0.25) is 5.02 Å². The van der Waals surface area contributed by atoms with Gasteiger partial charge in [-0.25, -0.2) is 4.39 Å². The van der Waals surface area contributed by atoms with Crippen LogP contribution in [0.3, 0.4) is 0 Å². The van der Waals surface area contributed by atoms with E-state index in [9.17, 15) is 14.7 Å². The monoisotopic (exact) mass is 485 g/mol. The van der Waals surface area contributed by atoms with E-state index in [0.29, 0.717) is 29.1 Å². The molecule has 7 nitrogen and oxygen atoms in total. The number of carbonyl (C=O) groups excluding carboxylic acids is 2. The number of rotatable bonds is 5. The number of anilines is 1. The molecule has 0 unspecified atom stereocenters. The Hall–Kier alpha value is -2.97. The molecule has 1 N–H and O–H groups in total. The summed E-state index contributed by atoms with van der Waals surface area (Å²) in [5, 5.41) is 15.7. The van der Waals surface area contributed by atoms with Gasteiger partial charge in [-0.1, -0.05) is 29.8 Å². The minimum atomic E-state index is -1.000. The number of hydrogen-bond donors (Lipinski definition) is 1. The van der Waals surface area contributed by atoms with E-state index in [4.69, 9.17) is 16.3 Å². The molecule has 2 aliphatic rings. The Bertz CT molecular complexity index is 1270. The Morgan fingerprint density at radius 2 is 1.97 bits per heavy atom. The lowest BCUT2D eigenvalue weighted by Crippen LogP contribution is -2.47. The van der Waals surface area contributed by atoms with E-state index in [-0.39, 0.29) is 30.3 Å². The highest BCUT2D eigenvalue weighted by Gasteiger charge is 2.37. The molecular weight excluding hydrogens is 461 g/mol. The lowest BCUT2D eigenvalue weighted by Gasteiger charge is -2.34. The van der Waals surface area contributed by atoms with E-state index in [1.165, 1.54) is 16.8 Å². The number of carbonyl (C=O) groups is 2. The fraction of sp³-hybridized carbons (Fsp3) is 0.400. The molecule has 3 aromatic rings. The average molecular weight is 486 g/mol. The number of aliphatic hydroxyl groups excluding tert-OH is 1. The van der Waals surface area contributed by atoms with E-state index in [0.717, 1.165) is 18.4 Å². The summed E-state index contributed by atoms with van der Waals surface area (Å²) < 4.78 is 21.3. The van der Waals surface area contributed by atoms with Crippen molar-refractivity contribution in [3.63, 3.8) is 0 Å². The molecule has 1 saturated carbocycles. The number of hydrogen-bond acceptors (Lipinski definition) is 6. The number of aliphatic hydroxyl groups is 1. The van der Waals surface area contributed by atoms with Crippen LogP contribution in [0.1, 0.15) is 48.0 Å². The Kier molecular flexibility index (Phi) is 6.04. The zero-order valence-electron chi connectivity index (χ0n) is 18.7. The van der Waals surface area contributed by atoms with Gasteiger partial charge in [0.05, 0.1) is 40.1 Å². The van der Waals surface area contributed by atoms with Gasteiger partial charge in [0.2, 0.25) is 0 Å². The molecule has 1 aliphatic carbocycles. The summed E-state index contributed by atoms with van der Waals surface area (Å²) in [5.41, 5.74) is 1.58. The van der Waals surface area contributed by atoms with Gasteiger partial charge < -0.3 is 14.7 Å². The molecular formula is C25H25ClFN3O4. The molecule has 0 bridgehead atoms. The highest BCUT2D eigenvalue weighted by Crippen LogP contribution is 2.43. The minimum absolute atomic E-state index is 0.0670. The Morgan fingerprint density at radius 3 is 2.68 bits per heavy atom. The fourth-order valence-corrected chi connectivity index (χ4v) is 5.00. The highest BCUT2D eigenvalue weighted by atomic mass is 35.5. The quantitative estimate of drug-likeness (QED) is 0.547. The van der Waals surface area contributed by atoms with Crippen molar-refractivity contribution in [2.24, 2.45) is 5.92 Å². The predicted molar refractivity (Wildman–Crippen MR) is 126 cm³/mol. The van der Waals surface area contributed by atoms with Crippen molar-refractivity contribution in [3.05, 3.63) is 58.4 Å². The molecule has 1 aliphatic heterocycles. The van der Waals surface area contributed by atoms with Gasteiger partial charge in [-0.3, -0.25) is 9.59 Å². The van der Waals surface area contributed by atoms with Crippen molar-refractivity contribution in [2.45, 2.75) is 38.2 Å². The van der Waals surface area contributed by atoms with Crippen LogP contribution < -0.4 is 4.90 Å². The number of β-amino-alcohol motifs (C(OH)–C–C–N with tert-alkyl or cyclic N) is 1. The van der Waals surface area contributed by atoms with E-state index in [1.54, 1.807) is 24.0 Å².